The Morgan fingerprint density at radius 3 is 3.20 bits per heavy atom. The van der Waals surface area contributed by atoms with Gasteiger partial charge in [-0.2, -0.15) is 0 Å². The molecule has 1 atom stereocenters. The number of likely N-dealkylation sites (tertiary alicyclic amines) is 1. The van der Waals surface area contributed by atoms with Gasteiger partial charge in [-0.15, -0.1) is 0 Å². The lowest BCUT2D eigenvalue weighted by Crippen LogP contribution is -2.34. The first-order chi connectivity index (χ1) is 7.31. The van der Waals surface area contributed by atoms with Crippen LogP contribution < -0.4 is 5.73 Å². The van der Waals surface area contributed by atoms with Gasteiger partial charge in [0.1, 0.15) is 5.15 Å². The number of nitrogens with zero attached hydrogens (tertiary/aromatic N) is 2. The number of pyridine rings is 1. The van der Waals surface area contributed by atoms with Gasteiger partial charge in [-0.05, 0) is 25.5 Å². The molecule has 2 N–H and O–H groups in total. The fourth-order valence-corrected chi connectivity index (χ4v) is 2.31. The van der Waals surface area contributed by atoms with Gasteiger partial charge in [-0.3, -0.25) is 4.90 Å². The first-order valence-electron chi connectivity index (χ1n) is 5.35. The number of aromatic nitrogens is 1. The van der Waals surface area contributed by atoms with Gasteiger partial charge in [-0.25, -0.2) is 4.98 Å². The van der Waals surface area contributed by atoms with Gasteiger partial charge in [0.25, 0.3) is 0 Å². The highest BCUT2D eigenvalue weighted by molar-refractivity contribution is 6.30. The predicted molar refractivity (Wildman–Crippen MR) is 61.7 cm³/mol. The van der Waals surface area contributed by atoms with Crippen molar-refractivity contribution in [3.05, 3.63) is 29.0 Å². The number of rotatable bonds is 3. The van der Waals surface area contributed by atoms with Gasteiger partial charge >= 0.3 is 0 Å². The average molecular weight is 226 g/mol. The van der Waals surface area contributed by atoms with Crippen molar-refractivity contribution in [2.45, 2.75) is 25.4 Å². The van der Waals surface area contributed by atoms with E-state index in [0.29, 0.717) is 11.2 Å². The zero-order chi connectivity index (χ0) is 10.7. The Morgan fingerprint density at radius 2 is 2.47 bits per heavy atom. The van der Waals surface area contributed by atoms with Crippen LogP contribution in [0.4, 0.5) is 0 Å². The Bertz CT molecular complexity index is 329. The number of hydrogen-bond acceptors (Lipinski definition) is 3. The highest BCUT2D eigenvalue weighted by atomic mass is 35.5. The molecule has 0 radical (unpaired) electrons. The molecule has 0 spiro atoms. The highest BCUT2D eigenvalue weighted by Gasteiger charge is 2.23. The van der Waals surface area contributed by atoms with E-state index in [1.807, 2.05) is 12.1 Å². The molecule has 2 rings (SSSR count). The predicted octanol–water partition coefficient (Wildman–Crippen LogP) is 1.66. The number of halogens is 1. The molecule has 0 aliphatic carbocycles. The minimum atomic E-state index is 0.515. The Morgan fingerprint density at radius 1 is 1.60 bits per heavy atom. The summed E-state index contributed by atoms with van der Waals surface area (Å²) in [4.78, 5) is 6.47. The van der Waals surface area contributed by atoms with Crippen LogP contribution in [0.2, 0.25) is 5.15 Å². The van der Waals surface area contributed by atoms with E-state index in [9.17, 15) is 0 Å². The molecule has 1 fully saturated rings. The third-order valence-corrected chi connectivity index (χ3v) is 3.32. The van der Waals surface area contributed by atoms with Crippen LogP contribution in [0.1, 0.15) is 18.4 Å². The molecule has 1 unspecified atom stereocenters. The Labute approximate surface area is 95.2 Å². The minimum Gasteiger partial charge on any atom is -0.329 e. The maximum atomic E-state index is 6.02. The van der Waals surface area contributed by atoms with E-state index in [1.165, 1.54) is 12.8 Å². The fraction of sp³-hybridized carbons (Fsp3) is 0.545. The Balaban J connectivity index is 2.05. The van der Waals surface area contributed by atoms with E-state index in [2.05, 4.69) is 9.88 Å². The molecule has 1 aromatic rings. The topological polar surface area (TPSA) is 42.1 Å². The lowest BCUT2D eigenvalue weighted by atomic mass is 10.2. The fourth-order valence-electron chi connectivity index (χ4n) is 2.13. The van der Waals surface area contributed by atoms with E-state index < -0.39 is 0 Å². The largest absolute Gasteiger partial charge is 0.329 e. The molecule has 1 saturated heterocycles. The van der Waals surface area contributed by atoms with E-state index in [-0.39, 0.29) is 0 Å². The molecule has 4 heteroatoms. The molecular weight excluding hydrogens is 210 g/mol. The van der Waals surface area contributed by atoms with Crippen LogP contribution in [0.15, 0.2) is 18.3 Å². The van der Waals surface area contributed by atoms with Gasteiger partial charge in [-0.1, -0.05) is 17.7 Å². The van der Waals surface area contributed by atoms with Crippen molar-refractivity contribution in [1.82, 2.24) is 9.88 Å². The summed E-state index contributed by atoms with van der Waals surface area (Å²) in [7, 11) is 0. The van der Waals surface area contributed by atoms with Crippen LogP contribution in [0, 0.1) is 0 Å². The van der Waals surface area contributed by atoms with E-state index in [0.717, 1.165) is 25.2 Å². The van der Waals surface area contributed by atoms with Crippen LogP contribution in [0.25, 0.3) is 0 Å². The van der Waals surface area contributed by atoms with Crippen LogP contribution in [-0.2, 0) is 6.54 Å². The summed E-state index contributed by atoms with van der Waals surface area (Å²) < 4.78 is 0. The van der Waals surface area contributed by atoms with Crippen molar-refractivity contribution in [1.29, 1.82) is 0 Å². The normalized spacial score (nSPS) is 22.1. The molecule has 0 bridgehead atoms. The van der Waals surface area contributed by atoms with Gasteiger partial charge in [0.05, 0.1) is 0 Å². The molecule has 1 aromatic heterocycles. The summed E-state index contributed by atoms with van der Waals surface area (Å²) >= 11 is 6.02. The Hall–Kier alpha value is -0.640. The molecule has 15 heavy (non-hydrogen) atoms. The smallest absolute Gasteiger partial charge is 0.133 e. The third kappa shape index (κ3) is 2.48. The molecule has 1 aliphatic rings. The third-order valence-electron chi connectivity index (χ3n) is 2.98. The summed E-state index contributed by atoms with van der Waals surface area (Å²) in [5.41, 5.74) is 6.82. The van der Waals surface area contributed by atoms with Crippen molar-refractivity contribution in [3.8, 4) is 0 Å². The van der Waals surface area contributed by atoms with Crippen molar-refractivity contribution < 1.29 is 0 Å². The highest BCUT2D eigenvalue weighted by Crippen LogP contribution is 2.21. The van der Waals surface area contributed by atoms with Crippen molar-refractivity contribution in [3.63, 3.8) is 0 Å². The second-order valence-corrected chi connectivity index (χ2v) is 4.31. The molecule has 2 heterocycles. The summed E-state index contributed by atoms with van der Waals surface area (Å²) in [6.45, 7) is 2.72. The van der Waals surface area contributed by atoms with Crippen LogP contribution in [0.5, 0.6) is 0 Å². The monoisotopic (exact) mass is 225 g/mol. The van der Waals surface area contributed by atoms with Crippen LogP contribution in [0.3, 0.4) is 0 Å². The summed E-state index contributed by atoms with van der Waals surface area (Å²) in [6, 6.07) is 4.47. The van der Waals surface area contributed by atoms with Gasteiger partial charge in [0, 0.05) is 30.9 Å². The van der Waals surface area contributed by atoms with Gasteiger partial charge < -0.3 is 5.73 Å². The quantitative estimate of drug-likeness (QED) is 0.796. The second kappa shape index (κ2) is 4.92. The zero-order valence-corrected chi connectivity index (χ0v) is 9.45. The molecule has 0 aromatic carbocycles. The SMILES string of the molecule is NCC1CCCN1Cc1cccnc1Cl. The first kappa shape index (κ1) is 10.9. The summed E-state index contributed by atoms with van der Waals surface area (Å²) in [5, 5.41) is 0.611. The molecule has 1 aliphatic heterocycles. The maximum absolute atomic E-state index is 6.02. The maximum Gasteiger partial charge on any atom is 0.133 e. The number of nitrogens with two attached hydrogens (primary N) is 1. The van der Waals surface area contributed by atoms with Crippen molar-refractivity contribution in [2.24, 2.45) is 5.73 Å². The molecule has 0 amide bonds. The summed E-state index contributed by atoms with van der Waals surface area (Å²) in [5.74, 6) is 0. The summed E-state index contributed by atoms with van der Waals surface area (Å²) in [6.07, 6.45) is 4.16. The van der Waals surface area contributed by atoms with Crippen LogP contribution >= 0.6 is 11.6 Å². The molecule has 82 valence electrons. The lowest BCUT2D eigenvalue weighted by Gasteiger charge is -2.23. The second-order valence-electron chi connectivity index (χ2n) is 3.96. The van der Waals surface area contributed by atoms with E-state index in [4.69, 9.17) is 17.3 Å². The first-order valence-corrected chi connectivity index (χ1v) is 5.72. The van der Waals surface area contributed by atoms with Gasteiger partial charge in [0.15, 0.2) is 0 Å². The molecule has 0 saturated carbocycles. The zero-order valence-electron chi connectivity index (χ0n) is 8.69. The molecular formula is C11H16ClN3. The lowest BCUT2D eigenvalue weighted by molar-refractivity contribution is 0.250. The number of hydrogen-bond donors (Lipinski definition) is 1. The van der Waals surface area contributed by atoms with Crippen molar-refractivity contribution in [2.75, 3.05) is 13.1 Å². The standard InChI is InChI=1S/C11H16ClN3/c12-11-9(3-1-5-14-11)8-15-6-2-4-10(15)7-13/h1,3,5,10H,2,4,6-8,13H2. The minimum absolute atomic E-state index is 0.515. The Kier molecular flexibility index (Phi) is 3.57. The average Bonchev–Trinajstić information content (AvgIpc) is 2.69. The molecule has 3 nitrogen and oxygen atoms in total. The van der Waals surface area contributed by atoms with Crippen molar-refractivity contribution >= 4 is 11.6 Å². The van der Waals surface area contributed by atoms with Crippen LogP contribution in [-0.4, -0.2) is 29.0 Å². The van der Waals surface area contributed by atoms with E-state index >= 15 is 0 Å². The van der Waals surface area contributed by atoms with Gasteiger partial charge in [0.2, 0.25) is 0 Å². The van der Waals surface area contributed by atoms with E-state index in [1.54, 1.807) is 6.20 Å².